The normalized spacial score (nSPS) is 13.5. The largest absolute Gasteiger partial charge is 0.366 e. The zero-order valence-electron chi connectivity index (χ0n) is 31.2. The van der Waals surface area contributed by atoms with E-state index in [1.54, 1.807) is 0 Å². The summed E-state index contributed by atoms with van der Waals surface area (Å²) in [5.41, 5.74) is 14.1. The Morgan fingerprint density at radius 2 is 1.07 bits per heavy atom. The molecule has 1 atom stereocenters. The first-order valence-electron chi connectivity index (χ1n) is 19.4. The molecule has 10 rings (SSSR count). The van der Waals surface area contributed by atoms with Gasteiger partial charge in [-0.15, -0.1) is 0 Å². The molecule has 55 heavy (non-hydrogen) atoms. The van der Waals surface area contributed by atoms with Crippen LogP contribution in [0.2, 0.25) is 0 Å². The quantitative estimate of drug-likeness (QED) is 0.0934. The van der Waals surface area contributed by atoms with E-state index < -0.39 is 0 Å². The van der Waals surface area contributed by atoms with Crippen LogP contribution in [-0.2, 0) is 12.0 Å². The molecule has 2 heteroatoms. The van der Waals surface area contributed by atoms with Crippen LogP contribution in [0.1, 0.15) is 42.3 Å². The summed E-state index contributed by atoms with van der Waals surface area (Å²) in [5, 5.41) is 15.4. The second-order valence-electron chi connectivity index (χ2n) is 15.3. The molecule has 0 bridgehead atoms. The molecule has 0 spiro atoms. The van der Waals surface area contributed by atoms with Gasteiger partial charge in [0.2, 0.25) is 0 Å². The van der Waals surface area contributed by atoms with Crippen LogP contribution in [0.3, 0.4) is 0 Å². The maximum atomic E-state index is 3.94. The van der Waals surface area contributed by atoms with Crippen molar-refractivity contribution in [2.75, 3.05) is 5.32 Å². The summed E-state index contributed by atoms with van der Waals surface area (Å²) < 4.78 is 0. The van der Waals surface area contributed by atoms with Crippen molar-refractivity contribution in [1.82, 2.24) is 5.32 Å². The topological polar surface area (TPSA) is 24.1 Å². The fourth-order valence-corrected chi connectivity index (χ4v) is 9.15. The van der Waals surface area contributed by atoms with E-state index in [2.05, 4.69) is 213 Å². The number of hydrogen-bond donors (Lipinski definition) is 2. The van der Waals surface area contributed by atoms with Crippen LogP contribution in [0.4, 0.5) is 5.69 Å². The summed E-state index contributed by atoms with van der Waals surface area (Å²) in [6.07, 6.45) is -0.116. The molecule has 0 heterocycles. The first kappa shape index (κ1) is 33.1. The maximum Gasteiger partial charge on any atom is 0.103 e. The van der Waals surface area contributed by atoms with Crippen molar-refractivity contribution in [3.05, 3.63) is 210 Å². The molecule has 264 valence electrons. The monoisotopic (exact) mass is 706 g/mol. The highest BCUT2D eigenvalue weighted by Gasteiger charge is 2.36. The van der Waals surface area contributed by atoms with E-state index >= 15 is 0 Å². The van der Waals surface area contributed by atoms with Crippen molar-refractivity contribution in [2.24, 2.45) is 0 Å². The Morgan fingerprint density at radius 3 is 1.85 bits per heavy atom. The molecule has 2 nitrogen and oxygen atoms in total. The molecule has 1 unspecified atom stereocenters. The molecule has 1 aliphatic rings. The van der Waals surface area contributed by atoms with Crippen LogP contribution in [0, 0.1) is 0 Å². The highest BCUT2D eigenvalue weighted by molar-refractivity contribution is 6.27. The van der Waals surface area contributed by atoms with Gasteiger partial charge < -0.3 is 5.32 Å². The summed E-state index contributed by atoms with van der Waals surface area (Å²) >= 11 is 0. The molecule has 9 aromatic carbocycles. The minimum absolute atomic E-state index is 0.0284. The molecule has 1 aliphatic carbocycles. The summed E-state index contributed by atoms with van der Waals surface area (Å²) in [5.74, 6) is 0. The Morgan fingerprint density at radius 1 is 0.455 bits per heavy atom. The standard InChI is InChI=1S/C53H42N2/c1-53(2)46-26-14-13-25-44(46)49-39(19-15-27-47(49)53)34-54-52(55-40-20-7-4-8-21-40)38-30-28-37(29-31-38)48-42-23-11-12-24-43(42)50(36-17-5-3-6-18-36)51-41-22-10-9-16-35(41)32-33-45(48)51/h3-33,52,54-55H,34H2,1-2H3. The Kier molecular flexibility index (Phi) is 8.08. The Labute approximate surface area is 323 Å². The van der Waals surface area contributed by atoms with Crippen LogP contribution < -0.4 is 10.6 Å². The first-order valence-corrected chi connectivity index (χ1v) is 19.4. The second-order valence-corrected chi connectivity index (χ2v) is 15.3. The number of para-hydroxylation sites is 1. The number of hydrogen-bond acceptors (Lipinski definition) is 2. The van der Waals surface area contributed by atoms with E-state index in [4.69, 9.17) is 0 Å². The van der Waals surface area contributed by atoms with Crippen molar-refractivity contribution in [3.8, 4) is 33.4 Å². The fraction of sp³-hybridized carbons (Fsp3) is 0.0943. The lowest BCUT2D eigenvalue weighted by atomic mass is 9.82. The van der Waals surface area contributed by atoms with Crippen LogP contribution in [0.15, 0.2) is 188 Å². The minimum Gasteiger partial charge on any atom is -0.366 e. The summed E-state index contributed by atoms with van der Waals surface area (Å²) in [6.45, 7) is 5.42. The molecular formula is C53H42N2. The van der Waals surface area contributed by atoms with Gasteiger partial charge in [0.05, 0.1) is 0 Å². The van der Waals surface area contributed by atoms with E-state index in [0.29, 0.717) is 0 Å². The van der Waals surface area contributed by atoms with Gasteiger partial charge in [-0.05, 0) is 100 Å². The zero-order valence-corrected chi connectivity index (χ0v) is 31.2. The van der Waals surface area contributed by atoms with E-state index in [-0.39, 0.29) is 11.6 Å². The zero-order chi connectivity index (χ0) is 36.9. The Bertz CT molecular complexity index is 2850. The first-order chi connectivity index (χ1) is 27.1. The summed E-state index contributed by atoms with van der Waals surface area (Å²) in [6, 6.07) is 68.7. The van der Waals surface area contributed by atoms with Gasteiger partial charge >= 0.3 is 0 Å². The van der Waals surface area contributed by atoms with Crippen LogP contribution >= 0.6 is 0 Å². The van der Waals surface area contributed by atoms with Crippen LogP contribution in [0.25, 0.3) is 65.7 Å². The third-order valence-electron chi connectivity index (χ3n) is 11.8. The van der Waals surface area contributed by atoms with Crippen molar-refractivity contribution in [1.29, 1.82) is 0 Å². The van der Waals surface area contributed by atoms with Crippen LogP contribution in [0.5, 0.6) is 0 Å². The van der Waals surface area contributed by atoms with Gasteiger partial charge in [-0.3, -0.25) is 5.32 Å². The molecule has 2 N–H and O–H groups in total. The predicted octanol–water partition coefficient (Wildman–Crippen LogP) is 13.7. The lowest BCUT2D eigenvalue weighted by Gasteiger charge is -2.24. The Hall–Kier alpha value is -6.48. The summed E-state index contributed by atoms with van der Waals surface area (Å²) in [7, 11) is 0. The molecule has 9 aromatic rings. The van der Waals surface area contributed by atoms with Gasteiger partial charge in [-0.25, -0.2) is 0 Å². The van der Waals surface area contributed by atoms with Gasteiger partial charge in [0.25, 0.3) is 0 Å². The fourth-order valence-electron chi connectivity index (χ4n) is 9.15. The molecule has 0 amide bonds. The number of benzene rings is 9. The summed E-state index contributed by atoms with van der Waals surface area (Å²) in [4.78, 5) is 0. The lowest BCUT2D eigenvalue weighted by molar-refractivity contribution is 0.586. The molecule has 0 aromatic heterocycles. The molecule has 0 saturated carbocycles. The number of anilines is 1. The van der Waals surface area contributed by atoms with E-state index in [1.807, 2.05) is 0 Å². The van der Waals surface area contributed by atoms with E-state index in [0.717, 1.165) is 12.2 Å². The van der Waals surface area contributed by atoms with E-state index in [1.165, 1.54) is 88.0 Å². The number of rotatable bonds is 8. The number of fused-ring (bicyclic) bond motifs is 7. The highest BCUT2D eigenvalue weighted by Crippen LogP contribution is 2.50. The van der Waals surface area contributed by atoms with Crippen LogP contribution in [-0.4, -0.2) is 0 Å². The van der Waals surface area contributed by atoms with Gasteiger partial charge in [0, 0.05) is 17.6 Å². The second kappa shape index (κ2) is 13.4. The average Bonchev–Trinajstić information content (AvgIpc) is 3.48. The maximum absolute atomic E-state index is 3.94. The Balaban J connectivity index is 1.08. The number of nitrogens with one attached hydrogen (secondary N) is 2. The van der Waals surface area contributed by atoms with Gasteiger partial charge in [-0.2, -0.15) is 0 Å². The van der Waals surface area contributed by atoms with Gasteiger partial charge in [-0.1, -0.05) is 190 Å². The van der Waals surface area contributed by atoms with Gasteiger partial charge in [0.15, 0.2) is 0 Å². The molecular weight excluding hydrogens is 665 g/mol. The molecule has 0 saturated heterocycles. The molecule has 0 fully saturated rings. The lowest BCUT2D eigenvalue weighted by Crippen LogP contribution is -2.28. The van der Waals surface area contributed by atoms with Crippen molar-refractivity contribution >= 4 is 38.0 Å². The van der Waals surface area contributed by atoms with E-state index in [9.17, 15) is 0 Å². The smallest absolute Gasteiger partial charge is 0.103 e. The third kappa shape index (κ3) is 5.61. The minimum atomic E-state index is -0.116. The van der Waals surface area contributed by atoms with Crippen molar-refractivity contribution in [2.45, 2.75) is 32.0 Å². The molecule has 0 aliphatic heterocycles. The predicted molar refractivity (Wildman–Crippen MR) is 233 cm³/mol. The SMILES string of the molecule is CC1(C)c2ccccc2-c2c(CNC(Nc3ccccc3)c3ccc(-c4c5ccccc5c(-c5ccccc5)c5c4ccc4ccccc45)cc3)cccc21. The third-order valence-corrected chi connectivity index (χ3v) is 11.8. The van der Waals surface area contributed by atoms with Crippen molar-refractivity contribution in [3.63, 3.8) is 0 Å². The highest BCUT2D eigenvalue weighted by atomic mass is 15.1. The average molecular weight is 707 g/mol. The van der Waals surface area contributed by atoms with Crippen molar-refractivity contribution < 1.29 is 0 Å². The van der Waals surface area contributed by atoms with Gasteiger partial charge in [0.1, 0.15) is 6.17 Å². The molecule has 0 radical (unpaired) electrons.